The number of hydrogen-bond donors (Lipinski definition) is 0. The minimum absolute atomic E-state index is 0.0813. The zero-order chi connectivity index (χ0) is 23.4. The average molecular weight is 448 g/mol. The van der Waals surface area contributed by atoms with Gasteiger partial charge in [0.15, 0.2) is 0 Å². The number of carbonyl (C=O) groups excluding carboxylic acids is 1. The highest BCUT2D eigenvalue weighted by Crippen LogP contribution is 2.26. The Morgan fingerprint density at radius 2 is 1.76 bits per heavy atom. The second kappa shape index (κ2) is 10.2. The van der Waals surface area contributed by atoms with Crippen molar-refractivity contribution in [1.82, 2.24) is 24.6 Å². The van der Waals surface area contributed by atoms with E-state index in [1.165, 1.54) is 5.56 Å². The summed E-state index contributed by atoms with van der Waals surface area (Å²) in [6.07, 6.45) is 4.34. The van der Waals surface area contributed by atoms with Crippen LogP contribution < -0.4 is 4.74 Å². The summed E-state index contributed by atoms with van der Waals surface area (Å²) in [7, 11) is 3.58. The molecule has 1 aromatic carbocycles. The van der Waals surface area contributed by atoms with Crippen LogP contribution in [0.4, 0.5) is 0 Å². The Morgan fingerprint density at radius 3 is 2.42 bits per heavy atom. The lowest BCUT2D eigenvalue weighted by molar-refractivity contribution is -0.134. The summed E-state index contributed by atoms with van der Waals surface area (Å²) in [6, 6.07) is 12.6. The summed E-state index contributed by atoms with van der Waals surface area (Å²) in [6.45, 7) is 7.84. The number of likely N-dealkylation sites (N-methyl/N-ethyl adjacent to an activating group) is 1. The van der Waals surface area contributed by atoms with Crippen molar-refractivity contribution >= 4 is 5.91 Å². The Bertz CT molecular complexity index is 1080. The molecule has 0 bridgehead atoms. The Morgan fingerprint density at radius 1 is 1.06 bits per heavy atom. The Labute approximate surface area is 196 Å². The molecule has 1 saturated heterocycles. The third kappa shape index (κ3) is 5.09. The van der Waals surface area contributed by atoms with E-state index in [4.69, 9.17) is 4.74 Å². The van der Waals surface area contributed by atoms with Gasteiger partial charge in [0.1, 0.15) is 0 Å². The third-order valence-corrected chi connectivity index (χ3v) is 6.52. The van der Waals surface area contributed by atoms with E-state index in [0.29, 0.717) is 0 Å². The van der Waals surface area contributed by atoms with Crippen LogP contribution in [0.25, 0.3) is 11.1 Å². The number of methoxy groups -OCH3 is 1. The number of pyridine rings is 1. The molecule has 0 radical (unpaired) electrons. The van der Waals surface area contributed by atoms with Crippen molar-refractivity contribution < 1.29 is 9.53 Å². The summed E-state index contributed by atoms with van der Waals surface area (Å²) in [5.41, 5.74) is 5.55. The van der Waals surface area contributed by atoms with Crippen molar-refractivity contribution in [2.24, 2.45) is 13.0 Å². The van der Waals surface area contributed by atoms with Crippen LogP contribution >= 0.6 is 0 Å². The first-order chi connectivity index (χ1) is 16.0. The predicted molar refractivity (Wildman–Crippen MR) is 129 cm³/mol. The molecule has 1 aliphatic heterocycles. The maximum atomic E-state index is 13.3. The largest absolute Gasteiger partial charge is 0.481 e. The lowest BCUT2D eigenvalue weighted by Crippen LogP contribution is -2.37. The number of aryl methyl sites for hydroxylation is 2. The molecular formula is C26H33N5O2. The molecule has 3 aromatic rings. The van der Waals surface area contributed by atoms with Crippen LogP contribution in [0, 0.1) is 12.8 Å². The van der Waals surface area contributed by atoms with Crippen molar-refractivity contribution in [3.63, 3.8) is 0 Å². The molecule has 7 nitrogen and oxygen atoms in total. The molecule has 2 aromatic heterocycles. The van der Waals surface area contributed by atoms with Gasteiger partial charge in [-0.25, -0.2) is 4.68 Å². The highest BCUT2D eigenvalue weighted by atomic mass is 16.5. The van der Waals surface area contributed by atoms with Gasteiger partial charge in [-0.2, -0.15) is 5.10 Å². The molecule has 33 heavy (non-hydrogen) atoms. The number of amides is 1. The molecule has 1 atom stereocenters. The predicted octanol–water partition coefficient (Wildman–Crippen LogP) is 3.32. The molecule has 1 amide bonds. The standard InChI is InChI=1S/C26H33N5O2/c1-5-31-15-14-30(18-24-19(2)28-29(3)26(24)33-4)17-23(25(31)32)16-20-6-8-21(9-7-20)22-10-12-27-13-11-22/h6-13,23H,5,14-18H2,1-4H3. The van der Waals surface area contributed by atoms with E-state index < -0.39 is 0 Å². The number of nitrogens with zero attached hydrogens (tertiary/aromatic N) is 5. The molecule has 0 saturated carbocycles. The molecule has 0 N–H and O–H groups in total. The van der Waals surface area contributed by atoms with Crippen molar-refractivity contribution in [1.29, 1.82) is 0 Å². The molecule has 1 fully saturated rings. The van der Waals surface area contributed by atoms with Crippen LogP contribution in [0.15, 0.2) is 48.8 Å². The number of benzene rings is 1. The smallest absolute Gasteiger partial charge is 0.227 e. The van der Waals surface area contributed by atoms with Gasteiger partial charge in [0.25, 0.3) is 0 Å². The average Bonchev–Trinajstić information content (AvgIpc) is 3.01. The summed E-state index contributed by atoms with van der Waals surface area (Å²) in [4.78, 5) is 21.8. The lowest BCUT2D eigenvalue weighted by atomic mass is 9.95. The van der Waals surface area contributed by atoms with Crippen LogP contribution in [-0.4, -0.2) is 63.8 Å². The maximum Gasteiger partial charge on any atom is 0.227 e. The third-order valence-electron chi connectivity index (χ3n) is 6.52. The van der Waals surface area contributed by atoms with Gasteiger partial charge in [-0.15, -0.1) is 0 Å². The van der Waals surface area contributed by atoms with E-state index in [1.807, 2.05) is 31.0 Å². The fourth-order valence-corrected chi connectivity index (χ4v) is 4.72. The molecular weight excluding hydrogens is 414 g/mol. The van der Waals surface area contributed by atoms with Crippen molar-refractivity contribution in [2.45, 2.75) is 26.8 Å². The number of rotatable bonds is 7. The van der Waals surface area contributed by atoms with Crippen LogP contribution in [0.1, 0.15) is 23.7 Å². The summed E-state index contributed by atoms with van der Waals surface area (Å²) < 4.78 is 7.38. The lowest BCUT2D eigenvalue weighted by Gasteiger charge is -2.23. The fourth-order valence-electron chi connectivity index (χ4n) is 4.72. The van der Waals surface area contributed by atoms with Gasteiger partial charge in [-0.1, -0.05) is 24.3 Å². The quantitative estimate of drug-likeness (QED) is 0.556. The fraction of sp³-hybridized carbons (Fsp3) is 0.423. The molecule has 1 aliphatic rings. The van der Waals surface area contributed by atoms with E-state index in [0.717, 1.165) is 67.4 Å². The summed E-state index contributed by atoms with van der Waals surface area (Å²) in [5, 5.41) is 4.52. The van der Waals surface area contributed by atoms with Gasteiger partial charge in [0, 0.05) is 52.2 Å². The van der Waals surface area contributed by atoms with Crippen molar-refractivity contribution in [2.75, 3.05) is 33.3 Å². The molecule has 174 valence electrons. The maximum absolute atomic E-state index is 13.3. The first-order valence-corrected chi connectivity index (χ1v) is 11.6. The van der Waals surface area contributed by atoms with Gasteiger partial charge >= 0.3 is 0 Å². The van der Waals surface area contributed by atoms with Gasteiger partial charge in [0.05, 0.1) is 24.3 Å². The molecule has 3 heterocycles. The molecule has 0 spiro atoms. The van der Waals surface area contributed by atoms with Crippen LogP contribution in [0.2, 0.25) is 0 Å². The van der Waals surface area contributed by atoms with Gasteiger partial charge in [0.2, 0.25) is 11.8 Å². The first-order valence-electron chi connectivity index (χ1n) is 11.6. The summed E-state index contributed by atoms with van der Waals surface area (Å²) in [5.74, 6) is 0.953. The molecule has 1 unspecified atom stereocenters. The van der Waals surface area contributed by atoms with E-state index in [9.17, 15) is 4.79 Å². The van der Waals surface area contributed by atoms with Gasteiger partial charge in [-0.05, 0) is 49.1 Å². The topological polar surface area (TPSA) is 63.5 Å². The van der Waals surface area contributed by atoms with Crippen LogP contribution in [0.5, 0.6) is 5.88 Å². The number of ether oxygens (including phenoxy) is 1. The van der Waals surface area contributed by atoms with Crippen LogP contribution in [-0.2, 0) is 24.8 Å². The van der Waals surface area contributed by atoms with Crippen molar-refractivity contribution in [3.8, 4) is 17.0 Å². The van der Waals surface area contributed by atoms with E-state index >= 15 is 0 Å². The monoisotopic (exact) mass is 447 g/mol. The second-order valence-electron chi connectivity index (χ2n) is 8.68. The van der Waals surface area contributed by atoms with E-state index in [-0.39, 0.29) is 11.8 Å². The van der Waals surface area contributed by atoms with Crippen molar-refractivity contribution in [3.05, 3.63) is 65.6 Å². The zero-order valence-corrected chi connectivity index (χ0v) is 20.0. The van der Waals surface area contributed by atoms with Crippen LogP contribution in [0.3, 0.4) is 0 Å². The second-order valence-corrected chi connectivity index (χ2v) is 8.68. The molecule has 7 heteroatoms. The normalized spacial score (nSPS) is 17.3. The van der Waals surface area contributed by atoms with E-state index in [2.05, 4.69) is 46.2 Å². The van der Waals surface area contributed by atoms with Gasteiger partial charge < -0.3 is 9.64 Å². The Hall–Kier alpha value is -3.19. The Balaban J connectivity index is 1.52. The number of hydrogen-bond acceptors (Lipinski definition) is 5. The van der Waals surface area contributed by atoms with Gasteiger partial charge in [-0.3, -0.25) is 14.7 Å². The zero-order valence-electron chi connectivity index (χ0n) is 20.0. The molecule has 0 aliphatic carbocycles. The van der Waals surface area contributed by atoms with E-state index in [1.54, 1.807) is 24.2 Å². The minimum Gasteiger partial charge on any atom is -0.481 e. The summed E-state index contributed by atoms with van der Waals surface area (Å²) >= 11 is 0. The first kappa shape index (κ1) is 23.0. The SMILES string of the molecule is CCN1CCN(Cc2c(C)nn(C)c2OC)CC(Cc2ccc(-c3ccncc3)cc2)C1=O. The number of aromatic nitrogens is 3. The highest BCUT2D eigenvalue weighted by molar-refractivity contribution is 5.79. The minimum atomic E-state index is -0.0813. The highest BCUT2D eigenvalue weighted by Gasteiger charge is 2.30. The molecule has 4 rings (SSSR count). The number of carbonyl (C=O) groups is 1. The Kier molecular flexibility index (Phi) is 7.08.